The van der Waals surface area contributed by atoms with E-state index in [-0.39, 0.29) is 5.91 Å². The van der Waals surface area contributed by atoms with E-state index in [1.807, 2.05) is 25.3 Å². The summed E-state index contributed by atoms with van der Waals surface area (Å²) in [5.74, 6) is -0.209. The van der Waals surface area contributed by atoms with Crippen molar-refractivity contribution in [2.24, 2.45) is 0 Å². The van der Waals surface area contributed by atoms with Gasteiger partial charge in [0.1, 0.15) is 0 Å². The third-order valence-corrected chi connectivity index (χ3v) is 2.40. The van der Waals surface area contributed by atoms with Crippen LogP contribution in [0, 0.1) is 0 Å². The Morgan fingerprint density at radius 2 is 2.07 bits per heavy atom. The smallest absolute Gasteiger partial charge is 0.274 e. The number of nitrogens with one attached hydrogen (secondary N) is 1. The van der Waals surface area contributed by atoms with Crippen LogP contribution in [0.1, 0.15) is 17.3 Å². The van der Waals surface area contributed by atoms with E-state index in [0.29, 0.717) is 12.2 Å². The SMILES string of the molecule is CCONC(=O)c1ccc(SC)cc1. The van der Waals surface area contributed by atoms with E-state index >= 15 is 0 Å². The van der Waals surface area contributed by atoms with Crippen molar-refractivity contribution in [1.82, 2.24) is 5.48 Å². The molecule has 0 aliphatic carbocycles. The van der Waals surface area contributed by atoms with Gasteiger partial charge in [0.05, 0.1) is 6.61 Å². The van der Waals surface area contributed by atoms with Gasteiger partial charge in [-0.2, -0.15) is 0 Å². The number of hydrogen-bond acceptors (Lipinski definition) is 3. The van der Waals surface area contributed by atoms with Gasteiger partial charge >= 0.3 is 0 Å². The second-order valence-electron chi connectivity index (χ2n) is 2.59. The molecular formula is C10H13NO2S. The van der Waals surface area contributed by atoms with Crippen LogP contribution in [0.5, 0.6) is 0 Å². The predicted molar refractivity (Wildman–Crippen MR) is 57.3 cm³/mol. The summed E-state index contributed by atoms with van der Waals surface area (Å²) in [5, 5.41) is 0. The quantitative estimate of drug-likeness (QED) is 0.612. The molecule has 3 nitrogen and oxygen atoms in total. The summed E-state index contributed by atoms with van der Waals surface area (Å²) in [5.41, 5.74) is 2.95. The summed E-state index contributed by atoms with van der Waals surface area (Å²) < 4.78 is 0. The van der Waals surface area contributed by atoms with E-state index in [0.717, 1.165) is 4.90 Å². The maximum atomic E-state index is 11.4. The minimum Gasteiger partial charge on any atom is -0.274 e. The molecule has 0 saturated heterocycles. The van der Waals surface area contributed by atoms with Crippen molar-refractivity contribution >= 4 is 17.7 Å². The fourth-order valence-electron chi connectivity index (χ4n) is 0.939. The van der Waals surface area contributed by atoms with Crippen molar-refractivity contribution in [3.63, 3.8) is 0 Å². The third kappa shape index (κ3) is 3.05. The minimum absolute atomic E-state index is 0.209. The monoisotopic (exact) mass is 211 g/mol. The Bertz CT molecular complexity index is 297. The van der Waals surface area contributed by atoms with Crippen LogP contribution < -0.4 is 5.48 Å². The van der Waals surface area contributed by atoms with Gasteiger partial charge in [0.25, 0.3) is 5.91 Å². The molecule has 0 aliphatic rings. The first kappa shape index (κ1) is 11.1. The minimum atomic E-state index is -0.209. The topological polar surface area (TPSA) is 38.3 Å². The Labute approximate surface area is 87.8 Å². The van der Waals surface area contributed by atoms with E-state index in [1.54, 1.807) is 23.9 Å². The van der Waals surface area contributed by atoms with Gasteiger partial charge in [0.2, 0.25) is 0 Å². The molecule has 1 aromatic carbocycles. The maximum absolute atomic E-state index is 11.4. The number of amides is 1. The number of carbonyl (C=O) groups is 1. The normalized spacial score (nSPS) is 9.86. The molecule has 4 heteroatoms. The molecule has 1 N–H and O–H groups in total. The largest absolute Gasteiger partial charge is 0.274 e. The zero-order chi connectivity index (χ0) is 10.4. The molecular weight excluding hydrogens is 198 g/mol. The Morgan fingerprint density at radius 1 is 1.43 bits per heavy atom. The van der Waals surface area contributed by atoms with Crippen molar-refractivity contribution in [3.05, 3.63) is 29.8 Å². The number of benzene rings is 1. The second kappa shape index (κ2) is 5.67. The molecule has 0 saturated carbocycles. The third-order valence-electron chi connectivity index (χ3n) is 1.66. The maximum Gasteiger partial charge on any atom is 0.274 e. The molecule has 14 heavy (non-hydrogen) atoms. The van der Waals surface area contributed by atoms with E-state index < -0.39 is 0 Å². The zero-order valence-corrected chi connectivity index (χ0v) is 9.06. The van der Waals surface area contributed by atoms with E-state index in [4.69, 9.17) is 4.84 Å². The fourth-order valence-corrected chi connectivity index (χ4v) is 1.35. The molecule has 76 valence electrons. The summed E-state index contributed by atoms with van der Waals surface area (Å²) in [6.07, 6.45) is 2.00. The molecule has 0 heterocycles. The van der Waals surface area contributed by atoms with Gasteiger partial charge in [-0.05, 0) is 37.4 Å². The highest BCUT2D eigenvalue weighted by molar-refractivity contribution is 7.98. The van der Waals surface area contributed by atoms with Crippen LogP contribution in [-0.2, 0) is 4.84 Å². The van der Waals surface area contributed by atoms with Gasteiger partial charge in [-0.1, -0.05) is 0 Å². The molecule has 1 aromatic rings. The van der Waals surface area contributed by atoms with Crippen LogP contribution in [0.25, 0.3) is 0 Å². The summed E-state index contributed by atoms with van der Waals surface area (Å²) in [6.45, 7) is 2.28. The van der Waals surface area contributed by atoms with Crippen LogP contribution in [0.4, 0.5) is 0 Å². The van der Waals surface area contributed by atoms with E-state index in [2.05, 4.69) is 5.48 Å². The molecule has 0 aromatic heterocycles. The van der Waals surface area contributed by atoms with Crippen molar-refractivity contribution < 1.29 is 9.63 Å². The van der Waals surface area contributed by atoms with E-state index in [9.17, 15) is 4.79 Å². The molecule has 1 rings (SSSR count). The lowest BCUT2D eigenvalue weighted by Gasteiger charge is -2.03. The predicted octanol–water partition coefficient (Wildman–Crippen LogP) is 2.09. The summed E-state index contributed by atoms with van der Waals surface area (Å²) in [4.78, 5) is 17.3. The Morgan fingerprint density at radius 3 is 2.57 bits per heavy atom. The molecule has 0 radical (unpaired) electrons. The molecule has 0 bridgehead atoms. The lowest BCUT2D eigenvalue weighted by Crippen LogP contribution is -2.23. The first-order valence-corrected chi connectivity index (χ1v) is 5.56. The molecule has 1 amide bonds. The lowest BCUT2D eigenvalue weighted by molar-refractivity contribution is 0.0364. The second-order valence-corrected chi connectivity index (χ2v) is 3.47. The van der Waals surface area contributed by atoms with Gasteiger partial charge in [-0.3, -0.25) is 9.63 Å². The zero-order valence-electron chi connectivity index (χ0n) is 8.24. The number of thioether (sulfide) groups is 1. The first-order valence-electron chi connectivity index (χ1n) is 4.34. The highest BCUT2D eigenvalue weighted by Gasteiger charge is 2.03. The Kier molecular flexibility index (Phi) is 4.49. The number of hydroxylamine groups is 1. The highest BCUT2D eigenvalue weighted by atomic mass is 32.2. The summed E-state index contributed by atoms with van der Waals surface area (Å²) >= 11 is 1.64. The molecule has 0 spiro atoms. The molecule has 0 aliphatic heterocycles. The van der Waals surface area contributed by atoms with Crippen LogP contribution in [0.15, 0.2) is 29.2 Å². The number of rotatable bonds is 4. The summed E-state index contributed by atoms with van der Waals surface area (Å²) in [6, 6.07) is 7.37. The Hall–Kier alpha value is -1.00. The average Bonchev–Trinajstić information content (AvgIpc) is 2.26. The summed E-state index contributed by atoms with van der Waals surface area (Å²) in [7, 11) is 0. The molecule has 0 unspecified atom stereocenters. The standard InChI is InChI=1S/C10H13NO2S/c1-3-13-11-10(12)8-4-6-9(14-2)7-5-8/h4-7H,3H2,1-2H3,(H,11,12). The van der Waals surface area contributed by atoms with Crippen molar-refractivity contribution in [3.8, 4) is 0 Å². The van der Waals surface area contributed by atoms with Gasteiger partial charge in [0.15, 0.2) is 0 Å². The Balaban J connectivity index is 2.62. The van der Waals surface area contributed by atoms with Gasteiger partial charge in [-0.15, -0.1) is 11.8 Å². The van der Waals surface area contributed by atoms with Crippen LogP contribution in [-0.4, -0.2) is 18.8 Å². The van der Waals surface area contributed by atoms with Gasteiger partial charge in [-0.25, -0.2) is 5.48 Å². The van der Waals surface area contributed by atoms with E-state index in [1.165, 1.54) is 0 Å². The highest BCUT2D eigenvalue weighted by Crippen LogP contribution is 2.14. The van der Waals surface area contributed by atoms with Crippen LogP contribution >= 0.6 is 11.8 Å². The van der Waals surface area contributed by atoms with Crippen molar-refractivity contribution in [1.29, 1.82) is 0 Å². The van der Waals surface area contributed by atoms with Gasteiger partial charge in [0, 0.05) is 10.5 Å². The average molecular weight is 211 g/mol. The lowest BCUT2D eigenvalue weighted by atomic mass is 10.2. The number of carbonyl (C=O) groups excluding carboxylic acids is 1. The molecule has 0 fully saturated rings. The first-order chi connectivity index (χ1) is 6.77. The number of hydrogen-bond donors (Lipinski definition) is 1. The molecule has 0 atom stereocenters. The van der Waals surface area contributed by atoms with Crippen molar-refractivity contribution in [2.75, 3.05) is 12.9 Å². The van der Waals surface area contributed by atoms with Crippen molar-refractivity contribution in [2.45, 2.75) is 11.8 Å². The fraction of sp³-hybridized carbons (Fsp3) is 0.300. The van der Waals surface area contributed by atoms with Crippen LogP contribution in [0.2, 0.25) is 0 Å². The van der Waals surface area contributed by atoms with Gasteiger partial charge < -0.3 is 0 Å². The van der Waals surface area contributed by atoms with Crippen LogP contribution in [0.3, 0.4) is 0 Å².